The zero-order valence-electron chi connectivity index (χ0n) is 14.7. The molecule has 0 radical (unpaired) electrons. The number of amides is 1. The molecule has 1 N–H and O–H groups in total. The summed E-state index contributed by atoms with van der Waals surface area (Å²) >= 11 is 1.36. The van der Waals surface area contributed by atoms with Gasteiger partial charge in [-0.2, -0.15) is 5.26 Å². The summed E-state index contributed by atoms with van der Waals surface area (Å²) in [4.78, 5) is 20.3. The van der Waals surface area contributed by atoms with E-state index in [1.807, 2.05) is 23.6 Å². The molecule has 3 aromatic rings. The van der Waals surface area contributed by atoms with E-state index >= 15 is 0 Å². The molecule has 2 heterocycles. The van der Waals surface area contributed by atoms with Crippen LogP contribution in [0.25, 0.3) is 11.3 Å². The number of carbonyl (C=O) groups is 1. The van der Waals surface area contributed by atoms with Gasteiger partial charge in [-0.25, -0.2) is 14.6 Å². The molecule has 0 atom stereocenters. The fourth-order valence-electron chi connectivity index (χ4n) is 2.33. The van der Waals surface area contributed by atoms with Crippen LogP contribution in [0.15, 0.2) is 36.0 Å². The molecule has 0 saturated carbocycles. The quantitative estimate of drug-likeness (QED) is 0.765. The second-order valence-electron chi connectivity index (χ2n) is 6.79. The van der Waals surface area contributed by atoms with Crippen LogP contribution >= 0.6 is 11.3 Å². The van der Waals surface area contributed by atoms with Gasteiger partial charge in [0.1, 0.15) is 18.9 Å². The Hall–Kier alpha value is -3.05. The van der Waals surface area contributed by atoms with E-state index in [2.05, 4.69) is 53.3 Å². The maximum Gasteiger partial charge on any atom is 0.252 e. The summed E-state index contributed by atoms with van der Waals surface area (Å²) in [5, 5.41) is 17.7. The third-order valence-electron chi connectivity index (χ3n) is 3.74. The molecule has 2 aromatic heterocycles. The average Bonchev–Trinajstić information content (AvgIpc) is 3.23. The molecule has 0 aliphatic rings. The van der Waals surface area contributed by atoms with Crippen molar-refractivity contribution in [3.8, 4) is 17.3 Å². The van der Waals surface area contributed by atoms with E-state index in [0.717, 1.165) is 11.3 Å². The first-order chi connectivity index (χ1) is 12.3. The van der Waals surface area contributed by atoms with Crippen LogP contribution in [0, 0.1) is 11.3 Å². The van der Waals surface area contributed by atoms with Crippen LogP contribution in [0.1, 0.15) is 32.2 Å². The summed E-state index contributed by atoms with van der Waals surface area (Å²) in [6.45, 7) is 6.50. The summed E-state index contributed by atoms with van der Waals surface area (Å²) in [5.41, 5.74) is 3.18. The van der Waals surface area contributed by atoms with Crippen LogP contribution in [0.5, 0.6) is 0 Å². The Morgan fingerprint density at radius 3 is 2.65 bits per heavy atom. The number of aromatic nitrogens is 4. The fourth-order valence-corrected chi connectivity index (χ4v) is 3.07. The van der Waals surface area contributed by atoms with Crippen molar-refractivity contribution in [1.29, 1.82) is 5.26 Å². The van der Waals surface area contributed by atoms with Gasteiger partial charge in [-0.05, 0) is 11.0 Å². The van der Waals surface area contributed by atoms with Crippen molar-refractivity contribution in [2.45, 2.75) is 32.7 Å². The molecule has 3 rings (SSSR count). The predicted octanol–water partition coefficient (Wildman–Crippen LogP) is 3.21. The Morgan fingerprint density at radius 2 is 2.04 bits per heavy atom. The second kappa shape index (κ2) is 7.06. The first-order valence-electron chi connectivity index (χ1n) is 8.01. The molecule has 0 unspecified atom stereocenters. The molecule has 0 fully saturated rings. The van der Waals surface area contributed by atoms with E-state index < -0.39 is 0 Å². The number of carbonyl (C=O) groups excluding carboxylic acids is 1. The van der Waals surface area contributed by atoms with Crippen molar-refractivity contribution in [3.63, 3.8) is 0 Å². The summed E-state index contributed by atoms with van der Waals surface area (Å²) in [6, 6.07) is 10.1. The van der Waals surface area contributed by atoms with Crippen molar-refractivity contribution in [2.24, 2.45) is 0 Å². The first kappa shape index (κ1) is 17.8. The van der Waals surface area contributed by atoms with Gasteiger partial charge in [-0.15, -0.1) is 16.4 Å². The monoisotopic (exact) mass is 366 g/mol. The van der Waals surface area contributed by atoms with Crippen LogP contribution in [0.2, 0.25) is 0 Å². The Bertz CT molecular complexity index is 959. The number of thiazole rings is 1. The molecular formula is C18H18N6OS. The standard InChI is InChI=1S/C18H18N6OS/c1-18(2,3)13-6-4-12(5-7-13)14-10-26-17(21-14)22-16(25)9-24-11-20-15(8-19)23-24/h4-7,10-11H,9H2,1-3H3,(H,21,22,25). The maximum atomic E-state index is 12.1. The largest absolute Gasteiger partial charge is 0.300 e. The molecule has 0 spiro atoms. The van der Waals surface area contributed by atoms with E-state index in [1.165, 1.54) is 27.9 Å². The smallest absolute Gasteiger partial charge is 0.252 e. The molecule has 132 valence electrons. The fraction of sp³-hybridized carbons (Fsp3) is 0.278. The Kier molecular flexibility index (Phi) is 4.82. The number of nitriles is 1. The molecule has 0 bridgehead atoms. The number of hydrogen-bond donors (Lipinski definition) is 1. The van der Waals surface area contributed by atoms with Gasteiger partial charge in [0.2, 0.25) is 5.91 Å². The third-order valence-corrected chi connectivity index (χ3v) is 4.50. The molecule has 8 heteroatoms. The van der Waals surface area contributed by atoms with Gasteiger partial charge in [0.25, 0.3) is 5.82 Å². The second-order valence-corrected chi connectivity index (χ2v) is 7.65. The zero-order valence-corrected chi connectivity index (χ0v) is 15.5. The van der Waals surface area contributed by atoms with Crippen molar-refractivity contribution in [1.82, 2.24) is 19.7 Å². The van der Waals surface area contributed by atoms with Gasteiger partial charge in [-0.3, -0.25) is 4.79 Å². The van der Waals surface area contributed by atoms with E-state index in [0.29, 0.717) is 5.13 Å². The lowest BCUT2D eigenvalue weighted by molar-refractivity contribution is -0.116. The Balaban J connectivity index is 1.66. The third kappa shape index (κ3) is 4.13. The lowest BCUT2D eigenvalue weighted by Gasteiger charge is -2.18. The number of anilines is 1. The molecule has 1 amide bonds. The molecule has 26 heavy (non-hydrogen) atoms. The first-order valence-corrected chi connectivity index (χ1v) is 8.89. The number of rotatable bonds is 4. The number of nitrogens with one attached hydrogen (secondary N) is 1. The van der Waals surface area contributed by atoms with E-state index in [1.54, 1.807) is 0 Å². The lowest BCUT2D eigenvalue weighted by Crippen LogP contribution is -2.19. The number of hydrogen-bond acceptors (Lipinski definition) is 6. The Labute approximate surface area is 155 Å². The molecular weight excluding hydrogens is 348 g/mol. The summed E-state index contributed by atoms with van der Waals surface area (Å²) in [5.74, 6) is -0.239. The van der Waals surface area contributed by atoms with Crippen LogP contribution in [0.3, 0.4) is 0 Å². The Morgan fingerprint density at radius 1 is 1.31 bits per heavy atom. The van der Waals surface area contributed by atoms with Gasteiger partial charge in [0, 0.05) is 10.9 Å². The van der Waals surface area contributed by atoms with E-state index in [4.69, 9.17) is 5.26 Å². The van der Waals surface area contributed by atoms with Gasteiger partial charge in [-0.1, -0.05) is 45.0 Å². The SMILES string of the molecule is CC(C)(C)c1ccc(-c2csc(NC(=O)Cn3cnc(C#N)n3)n2)cc1. The highest BCUT2D eigenvalue weighted by Crippen LogP contribution is 2.28. The summed E-state index contributed by atoms with van der Waals surface area (Å²) < 4.78 is 1.31. The average molecular weight is 366 g/mol. The van der Waals surface area contributed by atoms with Crippen molar-refractivity contribution in [3.05, 3.63) is 47.4 Å². The molecule has 0 aliphatic carbocycles. The predicted molar refractivity (Wildman–Crippen MR) is 99.6 cm³/mol. The van der Waals surface area contributed by atoms with Gasteiger partial charge in [0.15, 0.2) is 5.13 Å². The van der Waals surface area contributed by atoms with Crippen LogP contribution < -0.4 is 5.32 Å². The lowest BCUT2D eigenvalue weighted by atomic mass is 9.86. The molecule has 0 saturated heterocycles. The van der Waals surface area contributed by atoms with Crippen molar-refractivity contribution in [2.75, 3.05) is 5.32 Å². The van der Waals surface area contributed by atoms with Crippen molar-refractivity contribution >= 4 is 22.4 Å². The summed E-state index contributed by atoms with van der Waals surface area (Å²) in [7, 11) is 0. The number of nitrogens with zero attached hydrogens (tertiary/aromatic N) is 5. The molecule has 7 nitrogen and oxygen atoms in total. The van der Waals surface area contributed by atoms with Crippen molar-refractivity contribution < 1.29 is 4.79 Å². The minimum Gasteiger partial charge on any atom is -0.300 e. The minimum atomic E-state index is -0.275. The summed E-state index contributed by atoms with van der Waals surface area (Å²) in [6.07, 6.45) is 1.35. The number of benzene rings is 1. The topological polar surface area (TPSA) is 96.5 Å². The normalized spacial score (nSPS) is 11.2. The van der Waals surface area contributed by atoms with Crippen LogP contribution in [0.4, 0.5) is 5.13 Å². The van der Waals surface area contributed by atoms with E-state index in [9.17, 15) is 4.79 Å². The molecule has 1 aromatic carbocycles. The highest BCUT2D eigenvalue weighted by atomic mass is 32.1. The van der Waals surface area contributed by atoms with Crippen LogP contribution in [-0.4, -0.2) is 25.7 Å². The highest BCUT2D eigenvalue weighted by Gasteiger charge is 2.14. The van der Waals surface area contributed by atoms with Gasteiger partial charge >= 0.3 is 0 Å². The minimum absolute atomic E-state index is 0.0239. The van der Waals surface area contributed by atoms with E-state index in [-0.39, 0.29) is 23.7 Å². The van der Waals surface area contributed by atoms with Gasteiger partial charge in [0.05, 0.1) is 5.69 Å². The van der Waals surface area contributed by atoms with Gasteiger partial charge < -0.3 is 5.32 Å². The van der Waals surface area contributed by atoms with Crippen LogP contribution in [-0.2, 0) is 16.8 Å². The zero-order chi connectivity index (χ0) is 18.7. The highest BCUT2D eigenvalue weighted by molar-refractivity contribution is 7.14. The molecule has 0 aliphatic heterocycles. The maximum absolute atomic E-state index is 12.1.